The highest BCUT2D eigenvalue weighted by atomic mass is 16.6. The van der Waals surface area contributed by atoms with Crippen molar-refractivity contribution in [3.63, 3.8) is 0 Å². The molecule has 0 N–H and O–H groups in total. The van der Waals surface area contributed by atoms with Gasteiger partial charge in [0.15, 0.2) is 0 Å². The van der Waals surface area contributed by atoms with Crippen molar-refractivity contribution >= 4 is 6.09 Å². The normalized spacial score (nSPS) is 9.25. The molecule has 16 heavy (non-hydrogen) atoms. The van der Waals surface area contributed by atoms with Gasteiger partial charge in [0.05, 0.1) is 6.07 Å². The minimum atomic E-state index is -0.451. The Kier molecular flexibility index (Phi) is 4.87. The van der Waals surface area contributed by atoms with Crippen LogP contribution in [0.2, 0.25) is 0 Å². The number of hydrogen-bond acceptors (Lipinski definition) is 3. The fraction of sp³-hybridized carbons (Fsp3) is 0.333. The third kappa shape index (κ3) is 3.62. The minimum Gasteiger partial charge on any atom is -0.445 e. The van der Waals surface area contributed by atoms with Crippen LogP contribution < -0.4 is 0 Å². The van der Waals surface area contributed by atoms with Gasteiger partial charge in [0.2, 0.25) is 0 Å². The first-order chi connectivity index (χ1) is 7.77. The van der Waals surface area contributed by atoms with Crippen LogP contribution in [0.3, 0.4) is 0 Å². The molecule has 0 aliphatic carbocycles. The van der Waals surface area contributed by atoms with Gasteiger partial charge in [0, 0.05) is 6.54 Å². The summed E-state index contributed by atoms with van der Waals surface area (Å²) in [6.07, 6.45) is -0.451. The van der Waals surface area contributed by atoms with Gasteiger partial charge in [-0.05, 0) is 12.5 Å². The molecular formula is C12H14N2O2. The van der Waals surface area contributed by atoms with E-state index in [2.05, 4.69) is 0 Å². The Balaban J connectivity index is 2.43. The van der Waals surface area contributed by atoms with Gasteiger partial charge in [-0.25, -0.2) is 4.79 Å². The molecule has 0 atom stereocenters. The second-order valence-corrected chi connectivity index (χ2v) is 3.21. The molecule has 0 aliphatic heterocycles. The van der Waals surface area contributed by atoms with E-state index in [1.165, 1.54) is 4.90 Å². The highest BCUT2D eigenvalue weighted by molar-refractivity contribution is 5.67. The van der Waals surface area contributed by atoms with E-state index in [1.54, 1.807) is 6.92 Å². The molecule has 1 aromatic rings. The quantitative estimate of drug-likeness (QED) is 0.728. The van der Waals surface area contributed by atoms with Crippen LogP contribution in [-0.2, 0) is 11.3 Å². The van der Waals surface area contributed by atoms with E-state index in [0.29, 0.717) is 6.54 Å². The standard InChI is InChI=1S/C12H14N2O2/c1-2-14(9-8-13)12(15)16-10-11-6-4-3-5-7-11/h3-7H,2,9-10H2,1H3. The fourth-order valence-electron chi connectivity index (χ4n) is 1.20. The molecule has 1 amide bonds. The molecule has 1 rings (SSSR count). The number of ether oxygens (including phenoxy) is 1. The monoisotopic (exact) mass is 218 g/mol. The van der Waals surface area contributed by atoms with Crippen molar-refractivity contribution in [2.24, 2.45) is 0 Å². The third-order valence-corrected chi connectivity index (χ3v) is 2.11. The van der Waals surface area contributed by atoms with Crippen molar-refractivity contribution in [2.45, 2.75) is 13.5 Å². The van der Waals surface area contributed by atoms with E-state index in [-0.39, 0.29) is 13.2 Å². The maximum Gasteiger partial charge on any atom is 0.410 e. The summed E-state index contributed by atoms with van der Waals surface area (Å²) in [6.45, 7) is 2.58. The van der Waals surface area contributed by atoms with Crippen LogP contribution >= 0.6 is 0 Å². The Morgan fingerprint density at radius 1 is 1.44 bits per heavy atom. The summed E-state index contributed by atoms with van der Waals surface area (Å²) in [5.74, 6) is 0. The first-order valence-electron chi connectivity index (χ1n) is 5.10. The molecular weight excluding hydrogens is 204 g/mol. The summed E-state index contributed by atoms with van der Waals surface area (Å²) in [5, 5.41) is 8.50. The van der Waals surface area contributed by atoms with Crippen LogP contribution in [0, 0.1) is 11.3 Å². The zero-order valence-electron chi connectivity index (χ0n) is 9.22. The molecule has 1 aromatic carbocycles. The highest BCUT2D eigenvalue weighted by Crippen LogP contribution is 2.02. The molecule has 0 radical (unpaired) electrons. The summed E-state index contributed by atoms with van der Waals surface area (Å²) in [4.78, 5) is 12.8. The Hall–Kier alpha value is -2.02. The van der Waals surface area contributed by atoms with Crippen LogP contribution in [0.1, 0.15) is 12.5 Å². The van der Waals surface area contributed by atoms with Crippen molar-refractivity contribution in [1.29, 1.82) is 5.26 Å². The number of carbonyl (C=O) groups excluding carboxylic acids is 1. The first-order valence-corrected chi connectivity index (χ1v) is 5.10. The number of carbonyl (C=O) groups is 1. The molecule has 0 fully saturated rings. The zero-order chi connectivity index (χ0) is 11.8. The first kappa shape index (κ1) is 12.1. The van der Waals surface area contributed by atoms with Gasteiger partial charge < -0.3 is 4.74 Å². The maximum atomic E-state index is 11.5. The van der Waals surface area contributed by atoms with E-state index >= 15 is 0 Å². The SMILES string of the molecule is CCN(CC#N)C(=O)OCc1ccccc1. The summed E-state index contributed by atoms with van der Waals surface area (Å²) >= 11 is 0. The van der Waals surface area contributed by atoms with Crippen LogP contribution in [0.25, 0.3) is 0 Å². The smallest absolute Gasteiger partial charge is 0.410 e. The minimum absolute atomic E-state index is 0.0596. The molecule has 0 saturated heterocycles. The van der Waals surface area contributed by atoms with Crippen LogP contribution in [0.15, 0.2) is 30.3 Å². The van der Waals surface area contributed by atoms with Gasteiger partial charge in [0.1, 0.15) is 13.2 Å². The summed E-state index contributed by atoms with van der Waals surface area (Å²) < 4.78 is 5.07. The number of rotatable bonds is 4. The van der Waals surface area contributed by atoms with E-state index in [1.807, 2.05) is 36.4 Å². The van der Waals surface area contributed by atoms with Gasteiger partial charge in [-0.1, -0.05) is 30.3 Å². The van der Waals surface area contributed by atoms with E-state index < -0.39 is 6.09 Å². The second-order valence-electron chi connectivity index (χ2n) is 3.21. The molecule has 0 aliphatic rings. The van der Waals surface area contributed by atoms with Gasteiger partial charge in [0.25, 0.3) is 0 Å². The molecule has 0 spiro atoms. The summed E-state index contributed by atoms with van der Waals surface area (Å²) in [6, 6.07) is 11.4. The lowest BCUT2D eigenvalue weighted by atomic mass is 10.2. The van der Waals surface area contributed by atoms with Crippen molar-refractivity contribution in [1.82, 2.24) is 4.90 Å². The third-order valence-electron chi connectivity index (χ3n) is 2.11. The van der Waals surface area contributed by atoms with Crippen LogP contribution in [-0.4, -0.2) is 24.1 Å². The Labute approximate surface area is 95.0 Å². The number of benzene rings is 1. The average molecular weight is 218 g/mol. The largest absolute Gasteiger partial charge is 0.445 e. The number of hydrogen-bond donors (Lipinski definition) is 0. The molecule has 0 bridgehead atoms. The molecule has 4 heteroatoms. The Morgan fingerprint density at radius 3 is 2.69 bits per heavy atom. The predicted molar refractivity (Wildman–Crippen MR) is 59.5 cm³/mol. The molecule has 0 saturated carbocycles. The number of nitriles is 1. The van der Waals surface area contributed by atoms with Gasteiger partial charge in [-0.2, -0.15) is 5.26 Å². The van der Waals surface area contributed by atoms with Gasteiger partial charge in [-0.3, -0.25) is 4.90 Å². The van der Waals surface area contributed by atoms with Crippen molar-refractivity contribution < 1.29 is 9.53 Å². The zero-order valence-corrected chi connectivity index (χ0v) is 9.22. The molecule has 0 heterocycles. The average Bonchev–Trinajstić information content (AvgIpc) is 2.34. The van der Waals surface area contributed by atoms with Crippen molar-refractivity contribution in [3.8, 4) is 6.07 Å². The second kappa shape index (κ2) is 6.46. The molecule has 84 valence electrons. The number of amides is 1. The Bertz CT molecular complexity index is 370. The predicted octanol–water partition coefficient (Wildman–Crippen LogP) is 2.17. The van der Waals surface area contributed by atoms with Crippen molar-refractivity contribution in [2.75, 3.05) is 13.1 Å². The Morgan fingerprint density at radius 2 is 2.12 bits per heavy atom. The van der Waals surface area contributed by atoms with Crippen molar-refractivity contribution in [3.05, 3.63) is 35.9 Å². The lowest BCUT2D eigenvalue weighted by Gasteiger charge is -2.16. The maximum absolute atomic E-state index is 11.5. The number of nitrogens with zero attached hydrogens (tertiary/aromatic N) is 2. The molecule has 0 aromatic heterocycles. The fourth-order valence-corrected chi connectivity index (χ4v) is 1.20. The van der Waals surface area contributed by atoms with E-state index in [9.17, 15) is 4.79 Å². The van der Waals surface area contributed by atoms with Crippen LogP contribution in [0.4, 0.5) is 4.79 Å². The topological polar surface area (TPSA) is 53.3 Å². The lowest BCUT2D eigenvalue weighted by Crippen LogP contribution is -2.31. The van der Waals surface area contributed by atoms with Gasteiger partial charge >= 0.3 is 6.09 Å². The summed E-state index contributed by atoms with van der Waals surface area (Å²) in [5.41, 5.74) is 0.934. The lowest BCUT2D eigenvalue weighted by molar-refractivity contribution is 0.102. The van der Waals surface area contributed by atoms with Gasteiger partial charge in [-0.15, -0.1) is 0 Å². The molecule has 4 nitrogen and oxygen atoms in total. The summed E-state index contributed by atoms with van der Waals surface area (Å²) in [7, 11) is 0. The van der Waals surface area contributed by atoms with E-state index in [0.717, 1.165) is 5.56 Å². The van der Waals surface area contributed by atoms with Crippen LogP contribution in [0.5, 0.6) is 0 Å². The highest BCUT2D eigenvalue weighted by Gasteiger charge is 2.11. The molecule has 0 unspecified atom stereocenters. The van der Waals surface area contributed by atoms with E-state index in [4.69, 9.17) is 10.00 Å².